The van der Waals surface area contributed by atoms with Crippen LogP contribution in [0.2, 0.25) is 0 Å². The Balaban J connectivity index is 1.17. The van der Waals surface area contributed by atoms with Crippen LogP contribution >= 0.6 is 0 Å². The van der Waals surface area contributed by atoms with Crippen molar-refractivity contribution in [2.75, 3.05) is 60.6 Å². The minimum Gasteiger partial charge on any atom is -0.371 e. The van der Waals surface area contributed by atoms with Crippen LogP contribution in [0.4, 0.5) is 11.4 Å². The second-order valence-electron chi connectivity index (χ2n) is 8.76. The van der Waals surface area contributed by atoms with E-state index in [1.165, 1.54) is 24.3 Å². The second kappa shape index (κ2) is 7.65. The Kier molecular flexibility index (Phi) is 5.00. The number of hydrogen-bond acceptors (Lipinski definition) is 5. The first-order valence-corrected chi connectivity index (χ1v) is 12.4. The Labute approximate surface area is 173 Å². The first kappa shape index (κ1) is 18.9. The van der Waals surface area contributed by atoms with Crippen molar-refractivity contribution < 1.29 is 8.42 Å². The number of nitrogens with zero attached hydrogens (tertiary/aromatic N) is 3. The van der Waals surface area contributed by atoms with Gasteiger partial charge in [-0.15, -0.1) is 0 Å². The molecule has 0 saturated carbocycles. The summed E-state index contributed by atoms with van der Waals surface area (Å²) >= 11 is 0. The first-order valence-electron chi connectivity index (χ1n) is 10.6. The molecule has 3 heterocycles. The molecule has 0 N–H and O–H groups in total. The highest BCUT2D eigenvalue weighted by molar-refractivity contribution is 7.91. The number of benzene rings is 2. The zero-order chi connectivity index (χ0) is 19.8. The van der Waals surface area contributed by atoms with Crippen molar-refractivity contribution in [2.24, 2.45) is 11.8 Å². The predicted molar refractivity (Wildman–Crippen MR) is 118 cm³/mol. The van der Waals surface area contributed by atoms with E-state index < -0.39 is 9.84 Å². The summed E-state index contributed by atoms with van der Waals surface area (Å²) in [5.74, 6) is 2.05. The van der Waals surface area contributed by atoms with E-state index in [4.69, 9.17) is 0 Å². The zero-order valence-electron chi connectivity index (χ0n) is 16.8. The van der Waals surface area contributed by atoms with Gasteiger partial charge in [0.1, 0.15) is 0 Å². The molecule has 3 saturated heterocycles. The topological polar surface area (TPSA) is 43.9 Å². The van der Waals surface area contributed by atoms with Crippen molar-refractivity contribution in [1.29, 1.82) is 0 Å². The molecule has 29 heavy (non-hydrogen) atoms. The van der Waals surface area contributed by atoms with Gasteiger partial charge in [-0.1, -0.05) is 30.3 Å². The summed E-state index contributed by atoms with van der Waals surface area (Å²) in [7, 11) is -2.83. The van der Waals surface area contributed by atoms with E-state index in [1.54, 1.807) is 0 Å². The molecule has 2 atom stereocenters. The van der Waals surface area contributed by atoms with Gasteiger partial charge in [-0.05, 0) is 41.7 Å². The number of rotatable bonds is 4. The van der Waals surface area contributed by atoms with E-state index in [9.17, 15) is 8.42 Å². The molecule has 2 aromatic carbocycles. The van der Waals surface area contributed by atoms with Crippen molar-refractivity contribution in [3.8, 4) is 0 Å². The molecule has 3 aliphatic heterocycles. The van der Waals surface area contributed by atoms with Crippen LogP contribution in [0, 0.1) is 11.8 Å². The van der Waals surface area contributed by atoms with Gasteiger partial charge in [0.2, 0.25) is 0 Å². The lowest BCUT2D eigenvalue weighted by Gasteiger charge is -2.29. The highest BCUT2D eigenvalue weighted by atomic mass is 32.2. The average molecular weight is 412 g/mol. The quantitative estimate of drug-likeness (QED) is 0.773. The summed E-state index contributed by atoms with van der Waals surface area (Å²) in [5, 5.41) is 0. The summed E-state index contributed by atoms with van der Waals surface area (Å²) in [4.78, 5) is 7.32. The molecule has 0 aliphatic carbocycles. The number of fused-ring (bicyclic) bond motifs is 1. The highest BCUT2D eigenvalue weighted by Gasteiger charge is 2.39. The summed E-state index contributed by atoms with van der Waals surface area (Å²) in [5.41, 5.74) is 3.84. The molecule has 5 rings (SSSR count). The van der Waals surface area contributed by atoms with E-state index in [1.807, 2.05) is 0 Å². The van der Waals surface area contributed by atoms with Crippen LogP contribution in [0.25, 0.3) is 0 Å². The SMILES string of the molecule is O=S1(=O)CCN(c2ccc(N3C[C@H]4CN(Cc5ccccc5)C[C@H]4C3)cc2)CC1. The van der Waals surface area contributed by atoms with Crippen molar-refractivity contribution in [3.05, 3.63) is 60.2 Å². The first-order chi connectivity index (χ1) is 14.1. The fraction of sp³-hybridized carbons (Fsp3) is 0.478. The minimum absolute atomic E-state index is 0.268. The smallest absolute Gasteiger partial charge is 0.153 e. The van der Waals surface area contributed by atoms with Crippen LogP contribution in [0.3, 0.4) is 0 Å². The Bertz CT molecular complexity index is 918. The molecular weight excluding hydrogens is 382 g/mol. The fourth-order valence-electron chi connectivity index (χ4n) is 5.12. The third-order valence-corrected chi connectivity index (χ3v) is 8.34. The third kappa shape index (κ3) is 4.14. The maximum absolute atomic E-state index is 11.6. The number of sulfone groups is 1. The monoisotopic (exact) mass is 411 g/mol. The van der Waals surface area contributed by atoms with Gasteiger partial charge in [0, 0.05) is 57.2 Å². The molecule has 0 bridgehead atoms. The normalized spacial score (nSPS) is 26.6. The molecule has 6 heteroatoms. The Morgan fingerprint density at radius 2 is 1.28 bits per heavy atom. The molecule has 0 radical (unpaired) electrons. The minimum atomic E-state index is -2.83. The Hall–Kier alpha value is -2.05. The molecule has 5 nitrogen and oxygen atoms in total. The molecule has 0 spiro atoms. The zero-order valence-corrected chi connectivity index (χ0v) is 17.6. The molecular formula is C23H29N3O2S. The van der Waals surface area contributed by atoms with E-state index in [-0.39, 0.29) is 11.5 Å². The molecule has 3 aliphatic rings. The molecule has 0 aromatic heterocycles. The van der Waals surface area contributed by atoms with Gasteiger partial charge in [-0.25, -0.2) is 8.42 Å². The fourth-order valence-corrected chi connectivity index (χ4v) is 6.32. The van der Waals surface area contributed by atoms with E-state index >= 15 is 0 Å². The lowest BCUT2D eigenvalue weighted by atomic mass is 10.0. The molecule has 2 aromatic rings. The summed E-state index contributed by atoms with van der Waals surface area (Å²) in [6, 6.07) is 19.5. The van der Waals surface area contributed by atoms with Gasteiger partial charge >= 0.3 is 0 Å². The summed E-state index contributed by atoms with van der Waals surface area (Å²) in [6.07, 6.45) is 0. The second-order valence-corrected chi connectivity index (χ2v) is 11.1. The van der Waals surface area contributed by atoms with E-state index in [0.29, 0.717) is 13.1 Å². The summed E-state index contributed by atoms with van der Waals surface area (Å²) in [6.45, 7) is 6.93. The van der Waals surface area contributed by atoms with Crippen LogP contribution in [0.15, 0.2) is 54.6 Å². The molecule has 0 unspecified atom stereocenters. The van der Waals surface area contributed by atoms with Gasteiger partial charge in [0.15, 0.2) is 9.84 Å². The maximum Gasteiger partial charge on any atom is 0.153 e. The number of anilines is 2. The Morgan fingerprint density at radius 3 is 1.86 bits per heavy atom. The maximum atomic E-state index is 11.6. The highest BCUT2D eigenvalue weighted by Crippen LogP contribution is 2.35. The Morgan fingerprint density at radius 1 is 0.724 bits per heavy atom. The predicted octanol–water partition coefficient (Wildman–Crippen LogP) is 2.49. The van der Waals surface area contributed by atoms with Crippen LogP contribution in [-0.2, 0) is 16.4 Å². The van der Waals surface area contributed by atoms with E-state index in [2.05, 4.69) is 69.3 Å². The molecule has 3 fully saturated rings. The average Bonchev–Trinajstić information content (AvgIpc) is 3.28. The lowest BCUT2D eigenvalue weighted by Crippen LogP contribution is -2.40. The van der Waals surface area contributed by atoms with Gasteiger partial charge < -0.3 is 9.80 Å². The number of hydrogen-bond donors (Lipinski definition) is 0. The van der Waals surface area contributed by atoms with E-state index in [0.717, 1.165) is 37.2 Å². The number of likely N-dealkylation sites (tertiary alicyclic amines) is 1. The summed E-state index contributed by atoms with van der Waals surface area (Å²) < 4.78 is 23.3. The van der Waals surface area contributed by atoms with Gasteiger partial charge in [0.05, 0.1) is 11.5 Å². The van der Waals surface area contributed by atoms with Gasteiger partial charge in [-0.3, -0.25) is 4.90 Å². The van der Waals surface area contributed by atoms with Crippen molar-refractivity contribution >= 4 is 21.2 Å². The standard InChI is InChI=1S/C23H29N3O2S/c27-29(28)12-10-25(11-13-29)22-6-8-23(9-7-22)26-17-20-15-24(16-21(20)18-26)14-19-4-2-1-3-5-19/h1-9,20-21H,10-18H2/t20-,21+. The molecule has 0 amide bonds. The lowest BCUT2D eigenvalue weighted by molar-refractivity contribution is 0.309. The van der Waals surface area contributed by atoms with Crippen molar-refractivity contribution in [3.63, 3.8) is 0 Å². The third-order valence-electron chi connectivity index (χ3n) is 6.74. The van der Waals surface area contributed by atoms with Crippen LogP contribution in [0.5, 0.6) is 0 Å². The van der Waals surface area contributed by atoms with Gasteiger partial charge in [-0.2, -0.15) is 0 Å². The van der Waals surface area contributed by atoms with Crippen LogP contribution in [0.1, 0.15) is 5.56 Å². The molecule has 154 valence electrons. The van der Waals surface area contributed by atoms with Crippen LogP contribution < -0.4 is 9.80 Å². The van der Waals surface area contributed by atoms with Crippen LogP contribution in [-0.4, -0.2) is 64.1 Å². The van der Waals surface area contributed by atoms with Gasteiger partial charge in [0.25, 0.3) is 0 Å². The largest absolute Gasteiger partial charge is 0.371 e. The van der Waals surface area contributed by atoms with Crippen molar-refractivity contribution in [1.82, 2.24) is 4.90 Å². The van der Waals surface area contributed by atoms with Crippen molar-refractivity contribution in [2.45, 2.75) is 6.54 Å².